The minimum Gasteiger partial charge on any atom is -0.423 e. The van der Waals surface area contributed by atoms with Crippen molar-refractivity contribution in [3.63, 3.8) is 0 Å². The number of hydrogen-bond acceptors (Lipinski definition) is 3. The van der Waals surface area contributed by atoms with Gasteiger partial charge in [-0.15, -0.1) is 0 Å². The van der Waals surface area contributed by atoms with E-state index in [4.69, 9.17) is 4.42 Å². The molecule has 0 saturated carbocycles. The van der Waals surface area contributed by atoms with Crippen LogP contribution in [0.5, 0.6) is 0 Å². The number of nitrogens with zero attached hydrogens (tertiary/aromatic N) is 1. The first-order valence-electron chi connectivity index (χ1n) is 9.00. The number of anilines is 1. The lowest BCUT2D eigenvalue weighted by Gasteiger charge is -2.25. The second kappa shape index (κ2) is 5.73. The Morgan fingerprint density at radius 2 is 1.85 bits per heavy atom. The van der Waals surface area contributed by atoms with Crippen molar-refractivity contribution in [2.24, 2.45) is 0 Å². The van der Waals surface area contributed by atoms with Crippen molar-refractivity contribution in [1.82, 2.24) is 0 Å². The predicted octanol–water partition coefficient (Wildman–Crippen LogP) is 4.90. The third-order valence-electron chi connectivity index (χ3n) is 5.40. The van der Waals surface area contributed by atoms with Gasteiger partial charge in [-0.1, -0.05) is 48.5 Å². The molecule has 0 radical (unpaired) electrons. The molecule has 1 unspecified atom stereocenters. The molecule has 1 atom stereocenters. The van der Waals surface area contributed by atoms with E-state index >= 15 is 0 Å². The van der Waals surface area contributed by atoms with Crippen LogP contribution in [0.3, 0.4) is 0 Å². The van der Waals surface area contributed by atoms with Gasteiger partial charge in [0.15, 0.2) is 0 Å². The Kier molecular flexibility index (Phi) is 3.35. The van der Waals surface area contributed by atoms with Crippen molar-refractivity contribution < 1.29 is 4.42 Å². The Hall–Kier alpha value is -3.07. The van der Waals surface area contributed by atoms with Crippen LogP contribution in [0, 0.1) is 0 Å². The SMILES string of the molecule is CC1Cc2ccccc2N1Cc1cc(=O)oc2ccc3ccccc3c12. The standard InChI is InChI=1S/C23H19NO2/c1-15-12-17-7-3-5-9-20(17)24(15)14-18-13-22(25)26-21-11-10-16-6-2-4-8-19(16)23(18)21/h2-11,13,15H,12,14H2,1H3. The average molecular weight is 341 g/mol. The van der Waals surface area contributed by atoms with E-state index in [2.05, 4.69) is 48.2 Å². The Labute approximate surface area is 151 Å². The third-order valence-corrected chi connectivity index (χ3v) is 5.40. The summed E-state index contributed by atoms with van der Waals surface area (Å²) in [6.45, 7) is 2.94. The predicted molar refractivity (Wildman–Crippen MR) is 106 cm³/mol. The summed E-state index contributed by atoms with van der Waals surface area (Å²) in [4.78, 5) is 14.6. The molecule has 1 aromatic heterocycles. The number of rotatable bonds is 2. The van der Waals surface area contributed by atoms with Gasteiger partial charge in [-0.05, 0) is 47.4 Å². The molecule has 0 fully saturated rings. The molecule has 1 aliphatic heterocycles. The van der Waals surface area contributed by atoms with Gasteiger partial charge >= 0.3 is 5.63 Å². The quantitative estimate of drug-likeness (QED) is 0.384. The lowest BCUT2D eigenvalue weighted by molar-refractivity contribution is 0.558. The van der Waals surface area contributed by atoms with Crippen LogP contribution in [0.1, 0.15) is 18.1 Å². The van der Waals surface area contributed by atoms with Crippen molar-refractivity contribution in [3.8, 4) is 0 Å². The highest BCUT2D eigenvalue weighted by atomic mass is 16.4. The Morgan fingerprint density at radius 1 is 1.04 bits per heavy atom. The maximum absolute atomic E-state index is 12.2. The number of fused-ring (bicyclic) bond motifs is 4. The van der Waals surface area contributed by atoms with Gasteiger partial charge in [0.2, 0.25) is 0 Å². The van der Waals surface area contributed by atoms with Crippen LogP contribution in [0.25, 0.3) is 21.7 Å². The average Bonchev–Trinajstić information content (AvgIpc) is 2.96. The highest BCUT2D eigenvalue weighted by Gasteiger charge is 2.26. The third kappa shape index (κ3) is 2.31. The van der Waals surface area contributed by atoms with Gasteiger partial charge < -0.3 is 9.32 Å². The first-order valence-corrected chi connectivity index (χ1v) is 9.00. The van der Waals surface area contributed by atoms with E-state index in [9.17, 15) is 4.79 Å². The van der Waals surface area contributed by atoms with Gasteiger partial charge in [-0.3, -0.25) is 0 Å². The van der Waals surface area contributed by atoms with Crippen LogP contribution in [-0.2, 0) is 13.0 Å². The lowest BCUT2D eigenvalue weighted by Crippen LogP contribution is -2.29. The van der Waals surface area contributed by atoms with E-state index in [1.807, 2.05) is 24.3 Å². The number of hydrogen-bond donors (Lipinski definition) is 0. The molecule has 3 heteroatoms. The van der Waals surface area contributed by atoms with E-state index < -0.39 is 0 Å². The summed E-state index contributed by atoms with van der Waals surface area (Å²) in [5.74, 6) is 0. The Morgan fingerprint density at radius 3 is 2.77 bits per heavy atom. The Bertz CT molecular complexity index is 1190. The van der Waals surface area contributed by atoms with Crippen molar-refractivity contribution in [2.45, 2.75) is 25.9 Å². The molecule has 3 aromatic carbocycles. The van der Waals surface area contributed by atoms with Crippen molar-refractivity contribution in [1.29, 1.82) is 0 Å². The smallest absolute Gasteiger partial charge is 0.336 e. The molecule has 2 heterocycles. The minimum atomic E-state index is -0.289. The second-order valence-corrected chi connectivity index (χ2v) is 7.06. The molecule has 0 bridgehead atoms. The minimum absolute atomic E-state index is 0.289. The van der Waals surface area contributed by atoms with E-state index in [1.54, 1.807) is 6.07 Å². The lowest BCUT2D eigenvalue weighted by atomic mass is 10.0. The van der Waals surface area contributed by atoms with Gasteiger partial charge in [0.1, 0.15) is 5.58 Å². The Balaban J connectivity index is 1.72. The molecule has 4 aromatic rings. The zero-order chi connectivity index (χ0) is 17.7. The molecule has 1 aliphatic rings. The van der Waals surface area contributed by atoms with Gasteiger partial charge in [0.25, 0.3) is 0 Å². The normalized spacial score (nSPS) is 16.3. The van der Waals surface area contributed by atoms with Gasteiger partial charge in [0.05, 0.1) is 0 Å². The van der Waals surface area contributed by atoms with Crippen LogP contribution < -0.4 is 10.5 Å². The topological polar surface area (TPSA) is 33.5 Å². The first-order chi connectivity index (χ1) is 12.7. The monoisotopic (exact) mass is 341 g/mol. The number of para-hydroxylation sites is 1. The molecule has 0 amide bonds. The summed E-state index contributed by atoms with van der Waals surface area (Å²) in [5.41, 5.74) is 4.03. The van der Waals surface area contributed by atoms with Crippen LogP contribution in [-0.4, -0.2) is 6.04 Å². The van der Waals surface area contributed by atoms with Crippen LogP contribution in [0.2, 0.25) is 0 Å². The summed E-state index contributed by atoms with van der Waals surface area (Å²) in [6.07, 6.45) is 1.04. The van der Waals surface area contributed by atoms with E-state index in [-0.39, 0.29) is 5.63 Å². The van der Waals surface area contributed by atoms with Crippen molar-refractivity contribution >= 4 is 27.4 Å². The number of benzene rings is 3. The van der Waals surface area contributed by atoms with Crippen molar-refractivity contribution in [2.75, 3.05) is 4.90 Å². The maximum Gasteiger partial charge on any atom is 0.336 e. The van der Waals surface area contributed by atoms with Gasteiger partial charge in [-0.25, -0.2) is 4.79 Å². The van der Waals surface area contributed by atoms with Crippen LogP contribution in [0.15, 0.2) is 75.9 Å². The second-order valence-electron chi connectivity index (χ2n) is 7.06. The fourth-order valence-electron chi connectivity index (χ4n) is 4.20. The van der Waals surface area contributed by atoms with Crippen molar-refractivity contribution in [3.05, 3.63) is 88.3 Å². The van der Waals surface area contributed by atoms with Gasteiger partial charge in [0, 0.05) is 29.7 Å². The maximum atomic E-state index is 12.2. The molecular weight excluding hydrogens is 322 g/mol. The van der Waals surface area contributed by atoms with E-state index in [0.29, 0.717) is 18.2 Å². The molecule has 0 saturated heterocycles. The molecule has 5 rings (SSSR count). The molecule has 26 heavy (non-hydrogen) atoms. The summed E-state index contributed by atoms with van der Waals surface area (Å²) in [7, 11) is 0. The zero-order valence-corrected chi connectivity index (χ0v) is 14.6. The van der Waals surface area contributed by atoms with Gasteiger partial charge in [-0.2, -0.15) is 0 Å². The highest BCUT2D eigenvalue weighted by Crippen LogP contribution is 2.35. The highest BCUT2D eigenvalue weighted by molar-refractivity contribution is 6.07. The summed E-state index contributed by atoms with van der Waals surface area (Å²) >= 11 is 0. The molecule has 0 aliphatic carbocycles. The summed E-state index contributed by atoms with van der Waals surface area (Å²) < 4.78 is 5.50. The molecule has 0 N–H and O–H groups in total. The molecule has 0 spiro atoms. The van der Waals surface area contributed by atoms with E-state index in [0.717, 1.165) is 28.1 Å². The fraction of sp³-hybridized carbons (Fsp3) is 0.174. The van der Waals surface area contributed by atoms with Crippen LogP contribution in [0.4, 0.5) is 5.69 Å². The van der Waals surface area contributed by atoms with E-state index in [1.165, 1.54) is 11.3 Å². The summed E-state index contributed by atoms with van der Waals surface area (Å²) in [5, 5.41) is 3.33. The van der Waals surface area contributed by atoms with Crippen LogP contribution >= 0.6 is 0 Å². The molecular formula is C23H19NO2. The largest absolute Gasteiger partial charge is 0.423 e. The first kappa shape index (κ1) is 15.2. The molecule has 3 nitrogen and oxygen atoms in total. The zero-order valence-electron chi connectivity index (χ0n) is 14.6. The summed E-state index contributed by atoms with van der Waals surface area (Å²) in [6, 6.07) is 22.8. The fourth-order valence-corrected chi connectivity index (χ4v) is 4.20. The molecule has 128 valence electrons.